The maximum Gasteiger partial charge on any atom is 0.274 e. The van der Waals surface area contributed by atoms with Crippen molar-refractivity contribution >= 4 is 5.91 Å². The molecule has 0 unspecified atom stereocenters. The van der Waals surface area contributed by atoms with Gasteiger partial charge in [0.05, 0.1) is 19.3 Å². The van der Waals surface area contributed by atoms with Gasteiger partial charge in [-0.25, -0.2) is 4.98 Å². The molecule has 1 aliphatic rings. The van der Waals surface area contributed by atoms with E-state index in [0.29, 0.717) is 31.9 Å². The Morgan fingerprint density at radius 1 is 1.31 bits per heavy atom. The Bertz CT molecular complexity index is 726. The van der Waals surface area contributed by atoms with Crippen LogP contribution in [0.3, 0.4) is 0 Å². The number of carbonyl (C=O) groups excluding carboxylic acids is 1. The molecule has 0 aromatic carbocycles. The number of likely N-dealkylation sites (N-methyl/N-ethyl adjacent to an activating group) is 1. The highest BCUT2D eigenvalue weighted by atomic mass is 16.3. The lowest BCUT2D eigenvalue weighted by Crippen LogP contribution is -2.38. The first-order valence-corrected chi connectivity index (χ1v) is 8.83. The Morgan fingerprint density at radius 3 is 2.73 bits per heavy atom. The number of amides is 1. The summed E-state index contributed by atoms with van der Waals surface area (Å²) in [5.74, 6) is 2.06. The van der Waals surface area contributed by atoms with Crippen molar-refractivity contribution in [2.45, 2.75) is 25.3 Å². The molecule has 0 spiro atoms. The van der Waals surface area contributed by atoms with Crippen LogP contribution in [0.4, 0.5) is 0 Å². The molecular formula is C17H25N7O2. The van der Waals surface area contributed by atoms with Crippen LogP contribution in [0.25, 0.3) is 0 Å². The molecule has 2 aromatic rings. The second-order valence-corrected chi connectivity index (χ2v) is 6.65. The largest absolute Gasteiger partial charge is 0.395 e. The lowest BCUT2D eigenvalue weighted by molar-refractivity contribution is 0.0704. The van der Waals surface area contributed by atoms with Gasteiger partial charge in [-0.05, 0) is 19.9 Å². The van der Waals surface area contributed by atoms with E-state index in [2.05, 4.69) is 20.2 Å². The van der Waals surface area contributed by atoms with Gasteiger partial charge in [-0.1, -0.05) is 0 Å². The maximum absolute atomic E-state index is 12.5. The SMILES string of the molecule is CN(CCO)Cc1nnc(C2CCN(C(=O)c3cnccn3)CC2)n1C. The molecule has 0 radical (unpaired) electrons. The molecule has 3 rings (SSSR count). The minimum Gasteiger partial charge on any atom is -0.395 e. The lowest BCUT2D eigenvalue weighted by atomic mass is 9.95. The van der Waals surface area contributed by atoms with Crippen LogP contribution >= 0.6 is 0 Å². The number of likely N-dealkylation sites (tertiary alicyclic amines) is 1. The normalized spacial score (nSPS) is 15.6. The van der Waals surface area contributed by atoms with Crippen LogP contribution in [-0.2, 0) is 13.6 Å². The van der Waals surface area contributed by atoms with Crippen molar-refractivity contribution in [3.05, 3.63) is 35.9 Å². The summed E-state index contributed by atoms with van der Waals surface area (Å²) in [5, 5.41) is 17.7. The van der Waals surface area contributed by atoms with Crippen LogP contribution in [0.2, 0.25) is 0 Å². The van der Waals surface area contributed by atoms with Crippen molar-refractivity contribution < 1.29 is 9.90 Å². The zero-order valence-electron chi connectivity index (χ0n) is 15.2. The summed E-state index contributed by atoms with van der Waals surface area (Å²) in [6, 6.07) is 0. The van der Waals surface area contributed by atoms with E-state index in [1.54, 1.807) is 6.20 Å². The van der Waals surface area contributed by atoms with Crippen molar-refractivity contribution in [3.8, 4) is 0 Å². The molecule has 3 heterocycles. The van der Waals surface area contributed by atoms with Gasteiger partial charge in [-0.2, -0.15) is 0 Å². The monoisotopic (exact) mass is 359 g/mol. The summed E-state index contributed by atoms with van der Waals surface area (Å²) >= 11 is 0. The summed E-state index contributed by atoms with van der Waals surface area (Å²) in [5.41, 5.74) is 0.388. The number of aromatic nitrogens is 5. The van der Waals surface area contributed by atoms with E-state index in [1.165, 1.54) is 12.4 Å². The molecule has 0 aliphatic carbocycles. The number of nitrogens with zero attached hydrogens (tertiary/aromatic N) is 7. The molecule has 9 nitrogen and oxygen atoms in total. The Morgan fingerprint density at radius 2 is 2.08 bits per heavy atom. The van der Waals surface area contributed by atoms with Crippen molar-refractivity contribution in [1.82, 2.24) is 34.5 Å². The first-order valence-electron chi connectivity index (χ1n) is 8.83. The molecule has 1 aliphatic heterocycles. The molecule has 0 atom stereocenters. The number of aliphatic hydroxyl groups excluding tert-OH is 1. The molecule has 0 bridgehead atoms. The van der Waals surface area contributed by atoms with Crippen LogP contribution in [0.1, 0.15) is 40.9 Å². The number of aliphatic hydroxyl groups is 1. The molecule has 1 fully saturated rings. The Hall–Kier alpha value is -2.39. The molecule has 9 heteroatoms. The smallest absolute Gasteiger partial charge is 0.274 e. The van der Waals surface area contributed by atoms with Gasteiger partial charge in [0.15, 0.2) is 0 Å². The van der Waals surface area contributed by atoms with Gasteiger partial charge < -0.3 is 14.6 Å². The van der Waals surface area contributed by atoms with Gasteiger partial charge in [-0.3, -0.25) is 14.7 Å². The highest BCUT2D eigenvalue weighted by Crippen LogP contribution is 2.27. The van der Waals surface area contributed by atoms with E-state index >= 15 is 0 Å². The van der Waals surface area contributed by atoms with Gasteiger partial charge in [0, 0.05) is 45.0 Å². The number of piperidine rings is 1. The topological polar surface area (TPSA) is 100 Å². The first-order chi connectivity index (χ1) is 12.6. The Kier molecular flexibility index (Phi) is 5.89. The minimum absolute atomic E-state index is 0.0687. The molecule has 0 saturated carbocycles. The predicted molar refractivity (Wildman–Crippen MR) is 94.3 cm³/mol. The van der Waals surface area contributed by atoms with Gasteiger partial charge >= 0.3 is 0 Å². The van der Waals surface area contributed by atoms with Gasteiger partial charge in [0.2, 0.25) is 0 Å². The van der Waals surface area contributed by atoms with Crippen LogP contribution in [-0.4, -0.2) is 78.8 Å². The quantitative estimate of drug-likeness (QED) is 0.778. The van der Waals surface area contributed by atoms with Crippen LogP contribution in [0, 0.1) is 0 Å². The summed E-state index contributed by atoms with van der Waals surface area (Å²) in [4.78, 5) is 24.3. The second-order valence-electron chi connectivity index (χ2n) is 6.65. The molecule has 1 saturated heterocycles. The third-order valence-electron chi connectivity index (χ3n) is 4.82. The number of rotatable bonds is 6. The number of hydrogen-bond acceptors (Lipinski definition) is 7. The highest BCUT2D eigenvalue weighted by molar-refractivity contribution is 5.92. The highest BCUT2D eigenvalue weighted by Gasteiger charge is 2.28. The first kappa shape index (κ1) is 18.4. The third-order valence-corrected chi connectivity index (χ3v) is 4.82. The fraction of sp³-hybridized carbons (Fsp3) is 0.588. The number of carbonyl (C=O) groups is 1. The van der Waals surface area contributed by atoms with Crippen molar-refractivity contribution in [2.24, 2.45) is 7.05 Å². The Balaban J connectivity index is 1.60. The summed E-state index contributed by atoms with van der Waals surface area (Å²) < 4.78 is 2.04. The van der Waals surface area contributed by atoms with Crippen molar-refractivity contribution in [1.29, 1.82) is 0 Å². The second kappa shape index (κ2) is 8.33. The van der Waals surface area contributed by atoms with E-state index in [1.807, 2.05) is 28.5 Å². The van der Waals surface area contributed by atoms with Gasteiger partial charge in [0.25, 0.3) is 5.91 Å². The van der Waals surface area contributed by atoms with E-state index in [9.17, 15) is 4.79 Å². The van der Waals surface area contributed by atoms with Crippen molar-refractivity contribution in [3.63, 3.8) is 0 Å². The van der Waals surface area contributed by atoms with Gasteiger partial charge in [-0.15, -0.1) is 10.2 Å². The fourth-order valence-corrected chi connectivity index (χ4v) is 3.27. The Labute approximate surface area is 152 Å². The maximum atomic E-state index is 12.5. The zero-order valence-corrected chi connectivity index (χ0v) is 15.2. The van der Waals surface area contributed by atoms with Crippen LogP contribution in [0.15, 0.2) is 18.6 Å². The van der Waals surface area contributed by atoms with Gasteiger partial charge in [0.1, 0.15) is 17.3 Å². The fourth-order valence-electron chi connectivity index (χ4n) is 3.27. The van der Waals surface area contributed by atoms with E-state index in [4.69, 9.17) is 5.11 Å². The molecule has 1 N–H and O–H groups in total. The molecule has 26 heavy (non-hydrogen) atoms. The van der Waals surface area contributed by atoms with E-state index in [0.717, 1.165) is 24.5 Å². The molecule has 140 valence electrons. The average molecular weight is 359 g/mol. The van der Waals surface area contributed by atoms with E-state index in [-0.39, 0.29) is 18.4 Å². The van der Waals surface area contributed by atoms with E-state index < -0.39 is 0 Å². The van der Waals surface area contributed by atoms with Crippen molar-refractivity contribution in [2.75, 3.05) is 33.3 Å². The molecule has 1 amide bonds. The third kappa shape index (κ3) is 4.05. The summed E-state index contributed by atoms with van der Waals surface area (Å²) in [6.07, 6.45) is 6.31. The molecular weight excluding hydrogens is 334 g/mol. The number of hydrogen-bond donors (Lipinski definition) is 1. The van der Waals surface area contributed by atoms with Crippen LogP contribution < -0.4 is 0 Å². The standard InChI is InChI=1S/C17H25N7O2/c1-22(9-10-25)12-15-20-21-16(23(15)2)13-3-7-24(8-4-13)17(26)14-11-18-5-6-19-14/h5-6,11,13,25H,3-4,7-10,12H2,1-2H3. The summed E-state index contributed by atoms with van der Waals surface area (Å²) in [6.45, 7) is 2.72. The zero-order chi connectivity index (χ0) is 18.5. The lowest BCUT2D eigenvalue weighted by Gasteiger charge is -2.31. The molecule has 2 aromatic heterocycles. The summed E-state index contributed by atoms with van der Waals surface area (Å²) in [7, 11) is 3.93. The minimum atomic E-state index is -0.0687. The average Bonchev–Trinajstić information content (AvgIpc) is 3.02. The predicted octanol–water partition coefficient (Wildman–Crippen LogP) is 0.0490. The van der Waals surface area contributed by atoms with Crippen LogP contribution in [0.5, 0.6) is 0 Å².